The number of hydrogen-bond acceptors (Lipinski definition) is 4. The van der Waals surface area contributed by atoms with E-state index < -0.39 is 19.6 Å². The van der Waals surface area contributed by atoms with E-state index in [4.69, 9.17) is 4.74 Å². The van der Waals surface area contributed by atoms with Crippen molar-refractivity contribution in [3.8, 4) is 5.75 Å². The van der Waals surface area contributed by atoms with Crippen LogP contribution in [-0.4, -0.2) is 11.0 Å². The van der Waals surface area contributed by atoms with Crippen LogP contribution in [0.2, 0.25) is 0 Å². The average molecular weight is 378 g/mol. The Hall–Kier alpha value is -2.63. The number of nitrogens with zero attached hydrogens (tertiary/aromatic N) is 1. The molecular weight excluding hydrogens is 361 g/mol. The second-order valence-corrected chi connectivity index (χ2v) is 7.36. The van der Waals surface area contributed by atoms with Gasteiger partial charge in [-0.05, 0) is 0 Å². The third kappa shape index (κ3) is 4.26. The van der Waals surface area contributed by atoms with E-state index in [2.05, 4.69) is 4.98 Å². The van der Waals surface area contributed by atoms with Crippen LogP contribution in [0.3, 0.4) is 0 Å². The van der Waals surface area contributed by atoms with Crippen LogP contribution >= 0.6 is 0 Å². The number of esters is 1. The van der Waals surface area contributed by atoms with Crippen LogP contribution in [0.4, 0.5) is 0 Å². The number of aryl methyl sites for hydroxylation is 2. The first kappa shape index (κ1) is 17.2. The molecule has 0 N–H and O–H groups in total. The number of carbonyl (C=O) groups is 1. The van der Waals surface area contributed by atoms with Crippen LogP contribution in [0.25, 0.3) is 0 Å². The van der Waals surface area contributed by atoms with Crippen LogP contribution < -0.4 is 13.9 Å². The summed E-state index contributed by atoms with van der Waals surface area (Å²) < 4.78 is 19.0. The van der Waals surface area contributed by atoms with Gasteiger partial charge in [0.2, 0.25) is 0 Å². The molecule has 0 radical (unpaired) electrons. The first-order valence-corrected chi connectivity index (χ1v) is 9.12. The van der Waals surface area contributed by atoms with E-state index in [0.29, 0.717) is 20.4 Å². The number of pyridine rings is 1. The molecule has 1 aromatic heterocycles. The van der Waals surface area contributed by atoms with Crippen molar-refractivity contribution in [2.75, 3.05) is 0 Å². The standard InChI is InChI=1S/C13H10NO2.C7H7.Co.O/c1-10-4-6-12(7-5-10)16-13(15)11-3-2-8-14-9-11;1-7-5-3-2-4-6-7;;/h2-7,9H,1H3;3-6H,1H3;;. The Morgan fingerprint density at radius 1 is 0.880 bits per heavy atom. The molecule has 0 aliphatic heterocycles. The molecule has 25 heavy (non-hydrogen) atoms. The minimum absolute atomic E-state index is 0.316. The molecule has 0 fully saturated rings. The summed E-state index contributed by atoms with van der Waals surface area (Å²) in [6.07, 6.45) is 1.40. The quantitative estimate of drug-likeness (QED) is 0.518. The van der Waals surface area contributed by atoms with Gasteiger partial charge in [0.25, 0.3) is 0 Å². The van der Waals surface area contributed by atoms with Crippen LogP contribution in [0, 0.1) is 13.8 Å². The molecule has 3 aromatic rings. The van der Waals surface area contributed by atoms with E-state index in [0.717, 1.165) is 11.1 Å². The first-order chi connectivity index (χ1) is 12.0. The van der Waals surface area contributed by atoms with Crippen molar-refractivity contribution in [3.05, 3.63) is 83.6 Å². The van der Waals surface area contributed by atoms with E-state index >= 15 is 0 Å². The molecule has 129 valence electrons. The fourth-order valence-corrected chi connectivity index (χ4v) is 3.31. The fraction of sp³-hybridized carbons (Fsp3) is 0.100. The number of ether oxygens (including phenoxy) is 1. The average Bonchev–Trinajstić information content (AvgIpc) is 2.64. The van der Waals surface area contributed by atoms with Crippen molar-refractivity contribution in [2.45, 2.75) is 13.8 Å². The molecule has 0 amide bonds. The number of rotatable bonds is 4. The summed E-state index contributed by atoms with van der Waals surface area (Å²) in [6, 6.07) is 17.9. The van der Waals surface area contributed by atoms with Gasteiger partial charge in [-0.3, -0.25) is 0 Å². The normalized spacial score (nSPS) is 11.0. The molecular formula is C20H17CoNO3. The maximum absolute atomic E-state index is 12.5. The summed E-state index contributed by atoms with van der Waals surface area (Å²) in [5.41, 5.74) is 2.51. The Morgan fingerprint density at radius 3 is 2.04 bits per heavy atom. The van der Waals surface area contributed by atoms with Crippen LogP contribution in [0.5, 0.6) is 5.75 Å². The minimum atomic E-state index is -1.75. The summed E-state index contributed by atoms with van der Waals surface area (Å²) in [4.78, 5) is 16.3. The zero-order chi connectivity index (χ0) is 17.8. The monoisotopic (exact) mass is 378 g/mol. The molecule has 0 aliphatic rings. The van der Waals surface area contributed by atoms with Gasteiger partial charge in [-0.1, -0.05) is 0 Å². The Morgan fingerprint density at radius 2 is 1.48 bits per heavy atom. The predicted molar refractivity (Wildman–Crippen MR) is 91.5 cm³/mol. The van der Waals surface area contributed by atoms with Gasteiger partial charge in [-0.15, -0.1) is 0 Å². The van der Waals surface area contributed by atoms with Crippen molar-refractivity contribution in [3.63, 3.8) is 0 Å². The number of hydrogen-bond donors (Lipinski definition) is 0. The molecule has 0 bridgehead atoms. The Balaban J connectivity index is 1.73. The van der Waals surface area contributed by atoms with E-state index in [9.17, 15) is 8.66 Å². The van der Waals surface area contributed by atoms with Gasteiger partial charge in [0.05, 0.1) is 0 Å². The van der Waals surface area contributed by atoms with Crippen LogP contribution in [0.15, 0.2) is 66.9 Å². The predicted octanol–water partition coefficient (Wildman–Crippen LogP) is 2.83. The van der Waals surface area contributed by atoms with Crippen molar-refractivity contribution in [1.29, 1.82) is 0 Å². The van der Waals surface area contributed by atoms with E-state index in [1.807, 2.05) is 50.2 Å². The molecule has 0 saturated carbocycles. The second kappa shape index (κ2) is 7.50. The van der Waals surface area contributed by atoms with Crippen molar-refractivity contribution >= 4 is 15.1 Å². The Labute approximate surface area is 150 Å². The van der Waals surface area contributed by atoms with Crippen molar-refractivity contribution in [2.24, 2.45) is 0 Å². The fourth-order valence-electron chi connectivity index (χ4n) is 2.08. The molecule has 0 unspecified atom stereocenters. The number of benzene rings is 2. The molecule has 1 heterocycles. The molecule has 0 saturated heterocycles. The third-order valence-electron chi connectivity index (χ3n) is 3.51. The molecule has 0 spiro atoms. The number of aromatic nitrogens is 1. The van der Waals surface area contributed by atoms with Gasteiger partial charge in [0.15, 0.2) is 0 Å². The molecule has 4 nitrogen and oxygen atoms in total. The van der Waals surface area contributed by atoms with Gasteiger partial charge in [0, 0.05) is 0 Å². The first-order valence-electron chi connectivity index (χ1n) is 7.66. The van der Waals surface area contributed by atoms with Crippen molar-refractivity contribution < 1.29 is 27.0 Å². The van der Waals surface area contributed by atoms with Gasteiger partial charge in [-0.25, -0.2) is 0 Å². The van der Waals surface area contributed by atoms with Gasteiger partial charge >= 0.3 is 150 Å². The van der Waals surface area contributed by atoms with E-state index in [1.165, 1.54) is 6.20 Å². The summed E-state index contributed by atoms with van der Waals surface area (Å²) in [5.74, 6) is -0.0153. The Kier molecular flexibility index (Phi) is 5.16. The van der Waals surface area contributed by atoms with Crippen LogP contribution in [0.1, 0.15) is 21.5 Å². The van der Waals surface area contributed by atoms with E-state index in [1.54, 1.807) is 24.3 Å². The molecule has 0 aliphatic carbocycles. The number of carbonyl (C=O) groups excluding carboxylic acids is 1. The zero-order valence-electron chi connectivity index (χ0n) is 13.9. The third-order valence-corrected chi connectivity index (χ3v) is 5.19. The van der Waals surface area contributed by atoms with E-state index in [-0.39, 0.29) is 0 Å². The van der Waals surface area contributed by atoms with Gasteiger partial charge < -0.3 is 0 Å². The SMILES string of the molecule is Cc1ccc(OC(=O)c2cc[c]([Co](=[O])[c]3ccc(C)cc3)nc2)cc1. The van der Waals surface area contributed by atoms with Gasteiger partial charge in [-0.2, -0.15) is 0 Å². The second-order valence-electron chi connectivity index (χ2n) is 5.54. The van der Waals surface area contributed by atoms with Crippen molar-refractivity contribution in [1.82, 2.24) is 4.98 Å². The zero-order valence-corrected chi connectivity index (χ0v) is 14.9. The molecule has 0 atom stereocenters. The topological polar surface area (TPSA) is 56.3 Å². The molecule has 5 heteroatoms. The van der Waals surface area contributed by atoms with Crippen LogP contribution in [-0.2, 0) is 17.5 Å². The summed E-state index contributed by atoms with van der Waals surface area (Å²) >= 11 is -1.75. The summed E-state index contributed by atoms with van der Waals surface area (Å²) in [7, 11) is 0. The summed E-state index contributed by atoms with van der Waals surface area (Å²) in [5, 5.41) is 0. The summed E-state index contributed by atoms with van der Waals surface area (Å²) in [6.45, 7) is 3.94. The molecule has 3 rings (SSSR count). The Bertz CT molecular complexity index is 901. The maximum atomic E-state index is 12.5. The van der Waals surface area contributed by atoms with Gasteiger partial charge in [0.1, 0.15) is 0 Å². The molecule has 2 aromatic carbocycles.